The van der Waals surface area contributed by atoms with Gasteiger partial charge in [0, 0.05) is 32.6 Å². The minimum atomic E-state index is -0.590. The zero-order chi connectivity index (χ0) is 21.1. The second kappa shape index (κ2) is 8.67. The molecule has 2 heterocycles. The monoisotopic (exact) mass is 405 g/mol. The number of piperazine rings is 1. The van der Waals surface area contributed by atoms with E-state index in [0.717, 1.165) is 35.5 Å². The van der Waals surface area contributed by atoms with Gasteiger partial charge < -0.3 is 15.6 Å². The second-order valence-electron chi connectivity index (χ2n) is 7.90. The lowest BCUT2D eigenvalue weighted by atomic mass is 10.1. The fraction of sp³-hybridized carbons (Fsp3) is 0.348. The molecule has 0 radical (unpaired) electrons. The van der Waals surface area contributed by atoms with Gasteiger partial charge in [0.1, 0.15) is 11.9 Å². The molecule has 1 saturated heterocycles. The van der Waals surface area contributed by atoms with Crippen molar-refractivity contribution in [1.82, 2.24) is 19.8 Å². The van der Waals surface area contributed by atoms with Crippen LogP contribution in [0.1, 0.15) is 23.4 Å². The van der Waals surface area contributed by atoms with E-state index in [0.29, 0.717) is 25.9 Å². The van der Waals surface area contributed by atoms with Gasteiger partial charge in [-0.3, -0.25) is 14.5 Å². The molecule has 0 spiro atoms. The summed E-state index contributed by atoms with van der Waals surface area (Å²) in [5, 5.41) is 0. The highest BCUT2D eigenvalue weighted by Crippen LogP contribution is 2.18. The summed E-state index contributed by atoms with van der Waals surface area (Å²) >= 11 is 0. The normalized spacial score (nSPS) is 17.4. The van der Waals surface area contributed by atoms with Gasteiger partial charge in [-0.2, -0.15) is 0 Å². The van der Waals surface area contributed by atoms with Gasteiger partial charge in [0.05, 0.1) is 11.0 Å². The van der Waals surface area contributed by atoms with Crippen LogP contribution in [0, 0.1) is 6.92 Å². The number of hydrogen-bond donors (Lipinski definition) is 2. The van der Waals surface area contributed by atoms with Crippen LogP contribution in [-0.4, -0.2) is 57.3 Å². The van der Waals surface area contributed by atoms with E-state index in [2.05, 4.69) is 27.0 Å². The quantitative estimate of drug-likeness (QED) is 0.656. The Hall–Kier alpha value is -3.19. The molecule has 7 nitrogen and oxygen atoms in total. The van der Waals surface area contributed by atoms with E-state index in [4.69, 9.17) is 5.73 Å². The number of carbonyl (C=O) groups excluding carboxylic acids is 2. The summed E-state index contributed by atoms with van der Waals surface area (Å²) in [5.74, 6) is 0.394. The smallest absolute Gasteiger partial charge is 0.241 e. The molecule has 1 fully saturated rings. The molecule has 4 rings (SSSR count). The number of nitrogens with one attached hydrogen (secondary N) is 1. The lowest BCUT2D eigenvalue weighted by molar-refractivity contribution is -0.142. The highest BCUT2D eigenvalue weighted by molar-refractivity contribution is 5.87. The number of amides is 2. The van der Waals surface area contributed by atoms with Crippen molar-refractivity contribution < 1.29 is 9.59 Å². The van der Waals surface area contributed by atoms with Gasteiger partial charge in [-0.1, -0.05) is 36.4 Å². The molecule has 2 amide bonds. The molecule has 1 aliphatic heterocycles. The number of benzene rings is 2. The summed E-state index contributed by atoms with van der Waals surface area (Å²) in [5.41, 5.74) is 9.80. The fourth-order valence-electron chi connectivity index (χ4n) is 4.10. The molecule has 1 aromatic heterocycles. The minimum absolute atomic E-state index is 0.0287. The molecular formula is C23H27N5O2. The summed E-state index contributed by atoms with van der Waals surface area (Å²) < 4.78 is 0. The highest BCUT2D eigenvalue weighted by atomic mass is 16.2. The summed E-state index contributed by atoms with van der Waals surface area (Å²) in [6.45, 7) is 4.37. The van der Waals surface area contributed by atoms with Crippen LogP contribution in [0.2, 0.25) is 0 Å². The van der Waals surface area contributed by atoms with Crippen LogP contribution in [0.5, 0.6) is 0 Å². The SMILES string of the molecule is Cc1nc2ccc(CCC(=O)N3CCN(Cc4ccccc4)CC3C(N)=O)cc2[nH]1. The van der Waals surface area contributed by atoms with Crippen LogP contribution in [0.15, 0.2) is 48.5 Å². The van der Waals surface area contributed by atoms with Gasteiger partial charge in [-0.15, -0.1) is 0 Å². The second-order valence-corrected chi connectivity index (χ2v) is 7.90. The van der Waals surface area contributed by atoms with E-state index in [1.54, 1.807) is 4.90 Å². The molecule has 0 aliphatic carbocycles. The molecule has 2 aromatic carbocycles. The van der Waals surface area contributed by atoms with Crippen LogP contribution < -0.4 is 5.73 Å². The minimum Gasteiger partial charge on any atom is -0.368 e. The summed E-state index contributed by atoms with van der Waals surface area (Å²) in [7, 11) is 0. The van der Waals surface area contributed by atoms with E-state index in [-0.39, 0.29) is 5.91 Å². The Bertz CT molecular complexity index is 1050. The Morgan fingerprint density at radius 1 is 1.13 bits per heavy atom. The number of aromatic amines is 1. The molecule has 1 aliphatic rings. The van der Waals surface area contributed by atoms with Crippen LogP contribution in [-0.2, 0) is 22.6 Å². The Morgan fingerprint density at radius 3 is 2.70 bits per heavy atom. The Labute approximate surface area is 175 Å². The van der Waals surface area contributed by atoms with Crippen molar-refractivity contribution in [3.8, 4) is 0 Å². The summed E-state index contributed by atoms with van der Waals surface area (Å²) in [4.78, 5) is 36.4. The number of H-pyrrole nitrogens is 1. The van der Waals surface area contributed by atoms with Crippen molar-refractivity contribution in [2.24, 2.45) is 5.73 Å². The third-order valence-corrected chi connectivity index (χ3v) is 5.65. The van der Waals surface area contributed by atoms with E-state index in [1.807, 2.05) is 43.3 Å². The van der Waals surface area contributed by atoms with Gasteiger partial charge in [0.15, 0.2) is 0 Å². The predicted octanol–water partition coefficient (Wildman–Crippen LogP) is 2.00. The first-order chi connectivity index (χ1) is 14.5. The standard InChI is InChI=1S/C23H27N5O2/c1-16-25-19-9-7-17(13-20(19)26-16)8-10-22(29)28-12-11-27(15-21(28)23(24)30)14-18-5-3-2-4-6-18/h2-7,9,13,21H,8,10-12,14-15H2,1H3,(H2,24,30)(H,25,26). The number of carbonyl (C=O) groups is 2. The van der Waals surface area contributed by atoms with Crippen LogP contribution in [0.25, 0.3) is 11.0 Å². The first-order valence-corrected chi connectivity index (χ1v) is 10.3. The van der Waals surface area contributed by atoms with E-state index in [1.165, 1.54) is 5.56 Å². The predicted molar refractivity (Wildman–Crippen MR) is 116 cm³/mol. The largest absolute Gasteiger partial charge is 0.368 e. The number of rotatable bonds is 6. The lowest BCUT2D eigenvalue weighted by Crippen LogP contribution is -2.59. The van der Waals surface area contributed by atoms with Gasteiger partial charge in [-0.25, -0.2) is 4.98 Å². The first-order valence-electron chi connectivity index (χ1n) is 10.3. The molecule has 3 N–H and O–H groups in total. The molecule has 156 valence electrons. The zero-order valence-corrected chi connectivity index (χ0v) is 17.2. The fourth-order valence-corrected chi connectivity index (χ4v) is 4.10. The average Bonchev–Trinajstić information content (AvgIpc) is 3.12. The number of hydrogen-bond acceptors (Lipinski definition) is 4. The number of aryl methyl sites for hydroxylation is 2. The number of aromatic nitrogens is 2. The molecule has 0 saturated carbocycles. The van der Waals surface area contributed by atoms with Crippen molar-refractivity contribution in [2.45, 2.75) is 32.4 Å². The van der Waals surface area contributed by atoms with Crippen molar-refractivity contribution in [3.63, 3.8) is 0 Å². The number of nitrogens with zero attached hydrogens (tertiary/aromatic N) is 3. The number of nitrogens with two attached hydrogens (primary N) is 1. The topological polar surface area (TPSA) is 95.3 Å². The van der Waals surface area contributed by atoms with E-state index < -0.39 is 11.9 Å². The molecular weight excluding hydrogens is 378 g/mol. The first kappa shape index (κ1) is 20.1. The molecule has 0 bridgehead atoms. The van der Waals surface area contributed by atoms with Crippen LogP contribution in [0.4, 0.5) is 0 Å². The van der Waals surface area contributed by atoms with Gasteiger partial charge >= 0.3 is 0 Å². The van der Waals surface area contributed by atoms with E-state index in [9.17, 15) is 9.59 Å². The van der Waals surface area contributed by atoms with Gasteiger partial charge in [0.25, 0.3) is 0 Å². The number of imidazole rings is 1. The number of primary amides is 1. The van der Waals surface area contributed by atoms with Crippen molar-refractivity contribution in [3.05, 3.63) is 65.5 Å². The molecule has 1 atom stereocenters. The van der Waals surface area contributed by atoms with Crippen molar-refractivity contribution >= 4 is 22.8 Å². The maximum atomic E-state index is 12.9. The third kappa shape index (κ3) is 4.52. The Balaban J connectivity index is 1.38. The van der Waals surface area contributed by atoms with Gasteiger partial charge in [-0.05, 0) is 36.6 Å². The third-order valence-electron chi connectivity index (χ3n) is 5.65. The average molecular weight is 406 g/mol. The molecule has 1 unspecified atom stereocenters. The van der Waals surface area contributed by atoms with Crippen LogP contribution in [0.3, 0.4) is 0 Å². The molecule has 7 heteroatoms. The van der Waals surface area contributed by atoms with Gasteiger partial charge in [0.2, 0.25) is 11.8 Å². The maximum absolute atomic E-state index is 12.9. The Morgan fingerprint density at radius 2 is 1.93 bits per heavy atom. The highest BCUT2D eigenvalue weighted by Gasteiger charge is 2.33. The van der Waals surface area contributed by atoms with Crippen LogP contribution >= 0.6 is 0 Å². The summed E-state index contributed by atoms with van der Waals surface area (Å²) in [6.07, 6.45) is 0.962. The summed E-state index contributed by atoms with van der Waals surface area (Å²) in [6, 6.07) is 15.5. The van der Waals surface area contributed by atoms with E-state index >= 15 is 0 Å². The molecule has 30 heavy (non-hydrogen) atoms. The van der Waals surface area contributed by atoms with Crippen molar-refractivity contribution in [2.75, 3.05) is 19.6 Å². The zero-order valence-electron chi connectivity index (χ0n) is 17.2. The lowest BCUT2D eigenvalue weighted by Gasteiger charge is -2.40. The Kier molecular flexibility index (Phi) is 5.81. The maximum Gasteiger partial charge on any atom is 0.241 e. The molecule has 3 aromatic rings. The number of fused-ring (bicyclic) bond motifs is 1. The van der Waals surface area contributed by atoms with Crippen molar-refractivity contribution in [1.29, 1.82) is 0 Å².